The van der Waals surface area contributed by atoms with Gasteiger partial charge in [0.1, 0.15) is 6.07 Å². The first-order valence-electron chi connectivity index (χ1n) is 6.55. The number of rotatable bonds is 3. The number of carboxylic acids is 1. The van der Waals surface area contributed by atoms with E-state index in [0.29, 0.717) is 17.4 Å². The molecule has 1 aliphatic rings. The minimum atomic E-state index is -0.996. The Morgan fingerprint density at radius 3 is 2.79 bits per heavy atom. The lowest BCUT2D eigenvalue weighted by molar-refractivity contribution is 0.0697. The lowest BCUT2D eigenvalue weighted by atomic mass is 9.95. The first-order chi connectivity index (χ1) is 9.02. The van der Waals surface area contributed by atoms with Gasteiger partial charge < -0.3 is 10.0 Å². The fourth-order valence-electron chi connectivity index (χ4n) is 2.58. The van der Waals surface area contributed by atoms with Crippen molar-refractivity contribution in [1.29, 1.82) is 5.26 Å². The Hall–Kier alpha value is -2.02. The van der Waals surface area contributed by atoms with Crippen molar-refractivity contribution in [2.75, 3.05) is 18.0 Å². The number of carboxylic acid groups (broad SMARTS) is 1. The molecule has 0 aliphatic carbocycles. The van der Waals surface area contributed by atoms with Crippen molar-refractivity contribution in [2.45, 2.75) is 20.3 Å². The highest BCUT2D eigenvalue weighted by Crippen LogP contribution is 2.30. The average molecular weight is 258 g/mol. The molecule has 0 amide bonds. The first-order valence-corrected chi connectivity index (χ1v) is 6.55. The molecule has 0 radical (unpaired) electrons. The maximum Gasteiger partial charge on any atom is 0.335 e. The van der Waals surface area contributed by atoms with E-state index in [-0.39, 0.29) is 5.56 Å². The Bertz CT molecular complexity index is 531. The van der Waals surface area contributed by atoms with E-state index < -0.39 is 5.97 Å². The summed E-state index contributed by atoms with van der Waals surface area (Å²) in [5, 5.41) is 18.1. The van der Waals surface area contributed by atoms with Gasteiger partial charge in [-0.1, -0.05) is 13.8 Å². The fraction of sp³-hybridized carbons (Fsp3) is 0.467. The molecule has 0 spiro atoms. The van der Waals surface area contributed by atoms with E-state index in [2.05, 4.69) is 24.8 Å². The molecule has 1 N–H and O–H groups in total. The number of anilines is 1. The monoisotopic (exact) mass is 258 g/mol. The minimum absolute atomic E-state index is 0.167. The summed E-state index contributed by atoms with van der Waals surface area (Å²) < 4.78 is 0. The van der Waals surface area contributed by atoms with Crippen LogP contribution in [0.1, 0.15) is 36.2 Å². The van der Waals surface area contributed by atoms with E-state index in [0.717, 1.165) is 25.2 Å². The van der Waals surface area contributed by atoms with Crippen molar-refractivity contribution in [3.63, 3.8) is 0 Å². The van der Waals surface area contributed by atoms with Gasteiger partial charge >= 0.3 is 5.97 Å². The molecule has 4 heteroatoms. The van der Waals surface area contributed by atoms with Crippen LogP contribution >= 0.6 is 0 Å². The third kappa shape index (κ3) is 2.70. The third-order valence-corrected chi connectivity index (χ3v) is 3.87. The molecule has 1 aromatic carbocycles. The second-order valence-electron chi connectivity index (χ2n) is 5.39. The van der Waals surface area contributed by atoms with Gasteiger partial charge in [-0.25, -0.2) is 4.79 Å². The second-order valence-corrected chi connectivity index (χ2v) is 5.39. The second kappa shape index (κ2) is 5.31. The van der Waals surface area contributed by atoms with Gasteiger partial charge in [0.05, 0.1) is 16.8 Å². The zero-order valence-corrected chi connectivity index (χ0v) is 11.3. The van der Waals surface area contributed by atoms with E-state index >= 15 is 0 Å². The van der Waals surface area contributed by atoms with Crippen LogP contribution in [0.3, 0.4) is 0 Å². The standard InChI is InChI=1S/C15H18N2O2/c1-10(2)12-5-6-17(9-12)14-4-3-11(15(18)19)7-13(14)8-16/h3-4,7,10,12H,5-6,9H2,1-2H3,(H,18,19). The molecule has 1 atom stereocenters. The molecule has 1 fully saturated rings. The van der Waals surface area contributed by atoms with E-state index in [4.69, 9.17) is 5.11 Å². The quantitative estimate of drug-likeness (QED) is 0.905. The Balaban J connectivity index is 2.27. The summed E-state index contributed by atoms with van der Waals surface area (Å²) >= 11 is 0. The number of nitriles is 1. The number of benzene rings is 1. The van der Waals surface area contributed by atoms with Crippen LogP contribution < -0.4 is 4.90 Å². The minimum Gasteiger partial charge on any atom is -0.478 e. The van der Waals surface area contributed by atoms with Gasteiger partial charge in [-0.3, -0.25) is 0 Å². The number of hydrogen-bond acceptors (Lipinski definition) is 3. The highest BCUT2D eigenvalue weighted by atomic mass is 16.4. The lowest BCUT2D eigenvalue weighted by Gasteiger charge is -2.21. The summed E-state index contributed by atoms with van der Waals surface area (Å²) in [5.41, 5.74) is 1.47. The summed E-state index contributed by atoms with van der Waals surface area (Å²) in [5.74, 6) is 0.282. The summed E-state index contributed by atoms with van der Waals surface area (Å²) in [6.07, 6.45) is 1.13. The lowest BCUT2D eigenvalue weighted by Crippen LogP contribution is -2.22. The van der Waals surface area contributed by atoms with Crippen LogP contribution in [0.5, 0.6) is 0 Å². The van der Waals surface area contributed by atoms with Gasteiger partial charge in [-0.15, -0.1) is 0 Å². The summed E-state index contributed by atoms with van der Waals surface area (Å²) in [7, 11) is 0. The predicted octanol–water partition coefficient (Wildman–Crippen LogP) is 2.74. The molecule has 1 saturated heterocycles. The molecule has 2 rings (SSSR count). The Morgan fingerprint density at radius 1 is 1.53 bits per heavy atom. The van der Waals surface area contributed by atoms with Crippen molar-refractivity contribution in [2.24, 2.45) is 11.8 Å². The molecule has 0 bridgehead atoms. The van der Waals surface area contributed by atoms with Crippen molar-refractivity contribution in [3.8, 4) is 6.07 Å². The van der Waals surface area contributed by atoms with Gasteiger partial charge in [0, 0.05) is 13.1 Å². The summed E-state index contributed by atoms with van der Waals surface area (Å²) in [6.45, 7) is 6.31. The van der Waals surface area contributed by atoms with Gasteiger partial charge in [-0.05, 0) is 36.5 Å². The third-order valence-electron chi connectivity index (χ3n) is 3.87. The van der Waals surface area contributed by atoms with Gasteiger partial charge in [0.2, 0.25) is 0 Å². The van der Waals surface area contributed by atoms with Crippen LogP contribution in [0, 0.1) is 23.2 Å². The van der Waals surface area contributed by atoms with Crippen LogP contribution in [0.2, 0.25) is 0 Å². The normalized spacial score (nSPS) is 18.6. The average Bonchev–Trinajstić information content (AvgIpc) is 2.87. The van der Waals surface area contributed by atoms with Crippen LogP contribution in [-0.2, 0) is 0 Å². The van der Waals surface area contributed by atoms with E-state index in [1.165, 1.54) is 6.07 Å². The summed E-state index contributed by atoms with van der Waals surface area (Å²) in [6, 6.07) is 6.89. The zero-order chi connectivity index (χ0) is 14.0. The fourth-order valence-corrected chi connectivity index (χ4v) is 2.58. The van der Waals surface area contributed by atoms with E-state index in [9.17, 15) is 10.1 Å². The number of carbonyl (C=O) groups is 1. The van der Waals surface area contributed by atoms with Crippen LogP contribution in [0.25, 0.3) is 0 Å². The molecule has 0 saturated carbocycles. The Labute approximate surface area is 113 Å². The molecular weight excluding hydrogens is 240 g/mol. The Morgan fingerprint density at radius 2 is 2.26 bits per heavy atom. The molecule has 100 valence electrons. The van der Waals surface area contributed by atoms with Crippen molar-refractivity contribution in [1.82, 2.24) is 0 Å². The topological polar surface area (TPSA) is 64.3 Å². The molecule has 1 aromatic rings. The SMILES string of the molecule is CC(C)C1CCN(c2ccc(C(=O)O)cc2C#N)C1. The highest BCUT2D eigenvalue weighted by molar-refractivity contribution is 5.89. The van der Waals surface area contributed by atoms with Crippen LogP contribution in [0.15, 0.2) is 18.2 Å². The predicted molar refractivity (Wildman–Crippen MR) is 73.3 cm³/mol. The number of hydrogen-bond donors (Lipinski definition) is 1. The Kier molecular flexibility index (Phi) is 3.75. The van der Waals surface area contributed by atoms with Gasteiger partial charge in [0.25, 0.3) is 0 Å². The maximum atomic E-state index is 10.9. The van der Waals surface area contributed by atoms with Crippen molar-refractivity contribution < 1.29 is 9.90 Å². The molecule has 19 heavy (non-hydrogen) atoms. The van der Waals surface area contributed by atoms with Crippen molar-refractivity contribution in [3.05, 3.63) is 29.3 Å². The molecule has 1 aliphatic heterocycles. The zero-order valence-electron chi connectivity index (χ0n) is 11.3. The molecule has 4 nitrogen and oxygen atoms in total. The van der Waals surface area contributed by atoms with Gasteiger partial charge in [-0.2, -0.15) is 5.26 Å². The van der Waals surface area contributed by atoms with Crippen LogP contribution in [-0.4, -0.2) is 24.2 Å². The van der Waals surface area contributed by atoms with Crippen molar-refractivity contribution >= 4 is 11.7 Å². The largest absolute Gasteiger partial charge is 0.478 e. The van der Waals surface area contributed by atoms with E-state index in [1.54, 1.807) is 12.1 Å². The summed E-state index contributed by atoms with van der Waals surface area (Å²) in [4.78, 5) is 13.1. The highest BCUT2D eigenvalue weighted by Gasteiger charge is 2.26. The number of aromatic carboxylic acids is 1. The van der Waals surface area contributed by atoms with Crippen LogP contribution in [0.4, 0.5) is 5.69 Å². The first kappa shape index (κ1) is 13.4. The van der Waals surface area contributed by atoms with E-state index in [1.807, 2.05) is 0 Å². The molecule has 1 unspecified atom stereocenters. The maximum absolute atomic E-state index is 10.9. The number of nitrogens with zero attached hydrogens (tertiary/aromatic N) is 2. The smallest absolute Gasteiger partial charge is 0.335 e. The molecular formula is C15H18N2O2. The van der Waals surface area contributed by atoms with Gasteiger partial charge in [0.15, 0.2) is 0 Å². The molecule has 0 aromatic heterocycles. The molecule has 1 heterocycles.